The van der Waals surface area contributed by atoms with Crippen LogP contribution in [-0.2, 0) is 6.18 Å². The van der Waals surface area contributed by atoms with Crippen molar-refractivity contribution in [3.63, 3.8) is 0 Å². The lowest BCUT2D eigenvalue weighted by Gasteiger charge is -2.11. The van der Waals surface area contributed by atoms with Gasteiger partial charge in [0.2, 0.25) is 0 Å². The van der Waals surface area contributed by atoms with Crippen LogP contribution < -0.4 is 0 Å². The lowest BCUT2D eigenvalue weighted by molar-refractivity contribution is -0.137. The van der Waals surface area contributed by atoms with Gasteiger partial charge in [-0.2, -0.15) is 13.2 Å². The Bertz CT molecular complexity index is 630. The minimum Gasteiger partial charge on any atom is -0.294 e. The lowest BCUT2D eigenvalue weighted by Crippen LogP contribution is -2.15. The van der Waals surface area contributed by atoms with E-state index in [1.807, 2.05) is 0 Å². The average Bonchev–Trinajstić information content (AvgIpc) is 2.91. The zero-order valence-electron chi connectivity index (χ0n) is 10.1. The number of carbonyl (C=O) groups is 2. The normalized spacial score (nSPS) is 11.3. The molecule has 1 aromatic heterocycles. The maximum Gasteiger partial charge on any atom is 0.417 e. The predicted molar refractivity (Wildman–Crippen MR) is 69.0 cm³/mol. The molecule has 6 heteroatoms. The van der Waals surface area contributed by atoms with E-state index in [9.17, 15) is 22.8 Å². The molecule has 0 saturated heterocycles. The molecule has 0 atom stereocenters. The van der Waals surface area contributed by atoms with E-state index in [1.54, 1.807) is 11.4 Å². The zero-order valence-corrected chi connectivity index (χ0v) is 10.9. The molecule has 2 nitrogen and oxygen atoms in total. The van der Waals surface area contributed by atoms with E-state index in [-0.39, 0.29) is 0 Å². The van der Waals surface area contributed by atoms with Crippen molar-refractivity contribution in [2.24, 2.45) is 0 Å². The summed E-state index contributed by atoms with van der Waals surface area (Å²) in [5, 5.41) is 1.67. The maximum atomic E-state index is 12.8. The van der Waals surface area contributed by atoms with Crippen LogP contribution in [0.3, 0.4) is 0 Å². The van der Waals surface area contributed by atoms with Crippen LogP contribution in [0.4, 0.5) is 13.2 Å². The molecule has 0 bridgehead atoms. The summed E-state index contributed by atoms with van der Waals surface area (Å²) in [6.07, 6.45) is -5.17. The number of benzene rings is 1. The van der Waals surface area contributed by atoms with Crippen LogP contribution in [0.1, 0.15) is 32.0 Å². The van der Waals surface area contributed by atoms with Crippen molar-refractivity contribution >= 4 is 22.9 Å². The second-order valence-electron chi connectivity index (χ2n) is 4.04. The fourth-order valence-electron chi connectivity index (χ4n) is 1.74. The van der Waals surface area contributed by atoms with Crippen LogP contribution in [-0.4, -0.2) is 11.6 Å². The first kappa shape index (κ1) is 14.5. The summed E-state index contributed by atoms with van der Waals surface area (Å²) in [5.74, 6) is -1.29. The standard InChI is InChI=1S/C14H9F3O2S/c15-14(16,17)10-5-2-1-4-9(10)11(18)8-12(19)13-6-3-7-20-13/h1-7H,8H2. The third-order valence-corrected chi connectivity index (χ3v) is 3.56. The van der Waals surface area contributed by atoms with Gasteiger partial charge in [0, 0.05) is 5.56 Å². The Labute approximate surface area is 116 Å². The van der Waals surface area contributed by atoms with Crippen LogP contribution in [0.5, 0.6) is 0 Å². The number of alkyl halides is 3. The van der Waals surface area contributed by atoms with Gasteiger partial charge in [-0.3, -0.25) is 9.59 Å². The zero-order chi connectivity index (χ0) is 14.8. The smallest absolute Gasteiger partial charge is 0.294 e. The van der Waals surface area contributed by atoms with E-state index >= 15 is 0 Å². The Kier molecular flexibility index (Phi) is 4.04. The summed E-state index contributed by atoms with van der Waals surface area (Å²) in [7, 11) is 0. The van der Waals surface area contributed by atoms with Gasteiger partial charge in [0.15, 0.2) is 11.6 Å². The van der Waals surface area contributed by atoms with Crippen LogP contribution in [0.2, 0.25) is 0 Å². The van der Waals surface area contributed by atoms with E-state index < -0.39 is 35.3 Å². The summed E-state index contributed by atoms with van der Waals surface area (Å²) >= 11 is 1.15. The summed E-state index contributed by atoms with van der Waals surface area (Å²) < 4.78 is 38.4. The number of hydrogen-bond donors (Lipinski definition) is 0. The molecule has 0 saturated carbocycles. The highest BCUT2D eigenvalue weighted by Crippen LogP contribution is 2.32. The van der Waals surface area contributed by atoms with Gasteiger partial charge in [0.1, 0.15) is 0 Å². The first-order valence-corrected chi connectivity index (χ1v) is 6.53. The highest BCUT2D eigenvalue weighted by molar-refractivity contribution is 7.12. The van der Waals surface area contributed by atoms with E-state index in [4.69, 9.17) is 0 Å². The maximum absolute atomic E-state index is 12.8. The number of thiophene rings is 1. The molecule has 2 aromatic rings. The molecule has 104 valence electrons. The molecular weight excluding hydrogens is 289 g/mol. The van der Waals surface area contributed by atoms with Gasteiger partial charge in [0.25, 0.3) is 0 Å². The van der Waals surface area contributed by atoms with Gasteiger partial charge >= 0.3 is 6.18 Å². The predicted octanol–water partition coefficient (Wildman–Crippen LogP) is 4.22. The molecule has 1 aromatic carbocycles. The number of carbonyl (C=O) groups excluding carboxylic acids is 2. The number of ketones is 2. The quantitative estimate of drug-likeness (QED) is 0.625. The van der Waals surface area contributed by atoms with Crippen molar-refractivity contribution in [1.29, 1.82) is 0 Å². The molecule has 0 aliphatic heterocycles. The van der Waals surface area contributed by atoms with Crippen LogP contribution in [0, 0.1) is 0 Å². The number of hydrogen-bond acceptors (Lipinski definition) is 3. The minimum absolute atomic E-state index is 0.364. The Morgan fingerprint density at radius 3 is 2.30 bits per heavy atom. The topological polar surface area (TPSA) is 34.1 Å². The Morgan fingerprint density at radius 1 is 1.00 bits per heavy atom. The molecule has 0 fully saturated rings. The summed E-state index contributed by atoms with van der Waals surface area (Å²) in [6.45, 7) is 0. The molecule has 0 N–H and O–H groups in total. The van der Waals surface area contributed by atoms with Gasteiger partial charge in [-0.15, -0.1) is 11.3 Å². The van der Waals surface area contributed by atoms with Gasteiger partial charge in [-0.25, -0.2) is 0 Å². The highest BCUT2D eigenvalue weighted by atomic mass is 32.1. The van der Waals surface area contributed by atoms with Gasteiger partial charge in [0.05, 0.1) is 16.9 Å². The second kappa shape index (κ2) is 5.58. The van der Waals surface area contributed by atoms with Crippen molar-refractivity contribution in [3.8, 4) is 0 Å². The van der Waals surface area contributed by atoms with E-state index in [2.05, 4.69) is 0 Å². The highest BCUT2D eigenvalue weighted by Gasteiger charge is 2.35. The number of Topliss-reactive ketones (excluding diaryl/α,β-unsaturated/α-hetero) is 2. The number of rotatable bonds is 4. The third-order valence-electron chi connectivity index (χ3n) is 2.65. The van der Waals surface area contributed by atoms with E-state index in [0.717, 1.165) is 23.5 Å². The molecule has 0 aliphatic rings. The van der Waals surface area contributed by atoms with Crippen LogP contribution >= 0.6 is 11.3 Å². The average molecular weight is 298 g/mol. The van der Waals surface area contributed by atoms with Crippen molar-refractivity contribution in [2.75, 3.05) is 0 Å². The Morgan fingerprint density at radius 2 is 1.70 bits per heavy atom. The SMILES string of the molecule is O=C(CC(=O)c1ccccc1C(F)(F)F)c1cccs1. The van der Waals surface area contributed by atoms with Gasteiger partial charge < -0.3 is 0 Å². The fourth-order valence-corrected chi connectivity index (χ4v) is 2.40. The lowest BCUT2D eigenvalue weighted by atomic mass is 9.99. The molecule has 2 rings (SSSR count). The van der Waals surface area contributed by atoms with Crippen molar-refractivity contribution in [2.45, 2.75) is 12.6 Å². The minimum atomic E-state index is -4.61. The molecule has 1 heterocycles. The fraction of sp³-hybridized carbons (Fsp3) is 0.143. The Hall–Kier alpha value is -1.95. The molecule has 0 radical (unpaired) electrons. The summed E-state index contributed by atoms with van der Waals surface area (Å²) in [5.41, 5.74) is -1.48. The van der Waals surface area contributed by atoms with Crippen LogP contribution in [0.15, 0.2) is 41.8 Å². The second-order valence-corrected chi connectivity index (χ2v) is 4.99. The summed E-state index contributed by atoms with van der Waals surface area (Å²) in [6, 6.07) is 7.66. The molecular formula is C14H9F3O2S. The van der Waals surface area contributed by atoms with Gasteiger partial charge in [-0.05, 0) is 17.5 Å². The van der Waals surface area contributed by atoms with Crippen molar-refractivity contribution in [1.82, 2.24) is 0 Å². The van der Waals surface area contributed by atoms with Gasteiger partial charge in [-0.1, -0.05) is 24.3 Å². The third kappa shape index (κ3) is 3.14. The first-order chi connectivity index (χ1) is 9.39. The van der Waals surface area contributed by atoms with Crippen LogP contribution in [0.25, 0.3) is 0 Å². The largest absolute Gasteiger partial charge is 0.417 e. The monoisotopic (exact) mass is 298 g/mol. The first-order valence-electron chi connectivity index (χ1n) is 5.65. The van der Waals surface area contributed by atoms with E-state index in [0.29, 0.717) is 4.88 Å². The van der Waals surface area contributed by atoms with E-state index in [1.165, 1.54) is 18.2 Å². The Balaban J connectivity index is 2.24. The molecule has 0 unspecified atom stereocenters. The summed E-state index contributed by atoms with van der Waals surface area (Å²) in [4.78, 5) is 24.0. The molecule has 20 heavy (non-hydrogen) atoms. The molecule has 0 spiro atoms. The van der Waals surface area contributed by atoms with Crippen molar-refractivity contribution < 1.29 is 22.8 Å². The molecule has 0 aliphatic carbocycles. The van der Waals surface area contributed by atoms with Crippen molar-refractivity contribution in [3.05, 3.63) is 57.8 Å². The molecule has 0 amide bonds. The number of halogens is 3.